The number of furan rings is 2. The van der Waals surface area contributed by atoms with Crippen molar-refractivity contribution in [1.82, 2.24) is 21.0 Å². The fourth-order valence-electron chi connectivity index (χ4n) is 3.01. The number of benzene rings is 2. The monoisotopic (exact) mass is 518 g/mol. The van der Waals surface area contributed by atoms with E-state index in [1.807, 2.05) is 30.3 Å². The molecule has 0 spiro atoms. The van der Waals surface area contributed by atoms with E-state index in [2.05, 4.69) is 21.0 Å². The van der Waals surface area contributed by atoms with Gasteiger partial charge in [-0.05, 0) is 42.5 Å². The Morgan fingerprint density at radius 2 is 1.35 bits per heavy atom. The predicted molar refractivity (Wildman–Crippen MR) is 136 cm³/mol. The van der Waals surface area contributed by atoms with Gasteiger partial charge in [0, 0.05) is 11.1 Å². The highest BCUT2D eigenvalue weighted by Gasteiger charge is 2.11. The molecule has 2 N–H and O–H groups in total. The Balaban J connectivity index is 0.000000173. The maximum atomic E-state index is 11.8. The van der Waals surface area contributed by atoms with Gasteiger partial charge in [-0.1, -0.05) is 29.5 Å². The third kappa shape index (κ3) is 6.61. The molecule has 0 saturated carbocycles. The Morgan fingerprint density at radius 1 is 0.730 bits per heavy atom. The van der Waals surface area contributed by atoms with Gasteiger partial charge in [0.15, 0.2) is 5.01 Å². The van der Waals surface area contributed by atoms with Crippen LogP contribution in [0.4, 0.5) is 0 Å². The number of rotatable bonds is 6. The first kappa shape index (κ1) is 25.2. The van der Waals surface area contributed by atoms with E-state index < -0.39 is 11.8 Å². The van der Waals surface area contributed by atoms with Gasteiger partial charge < -0.3 is 18.3 Å². The first-order valence-corrected chi connectivity index (χ1v) is 11.7. The highest BCUT2D eigenvalue weighted by atomic mass is 32.1. The van der Waals surface area contributed by atoms with Crippen molar-refractivity contribution in [3.63, 3.8) is 0 Å². The number of nitrogens with one attached hydrogen (secondary N) is 2. The number of carbonyl (C=O) groups is 2. The molecule has 0 aliphatic carbocycles. The minimum absolute atomic E-state index is 0.325. The molecule has 0 atom stereocenters. The molecule has 0 aliphatic heterocycles. The summed E-state index contributed by atoms with van der Waals surface area (Å²) in [5.41, 5.74) is 7.24. The molecule has 2 aromatic carbocycles. The second-order valence-electron chi connectivity index (χ2n) is 7.31. The Labute approximate surface area is 215 Å². The number of nitrogens with zero attached hydrogens (tertiary/aromatic N) is 2. The Kier molecular flexibility index (Phi) is 8.29. The smallest absolute Gasteiger partial charge is 0.272 e. The summed E-state index contributed by atoms with van der Waals surface area (Å²) in [5, 5.41) is 10.1. The van der Waals surface area contributed by atoms with Crippen LogP contribution in [0.1, 0.15) is 20.7 Å². The summed E-state index contributed by atoms with van der Waals surface area (Å²) < 4.78 is 20.0. The van der Waals surface area contributed by atoms with Crippen LogP contribution in [0.25, 0.3) is 21.1 Å². The standard InChI is InChI=1S/C13H12N2O4.C13H10N2O2S/c1-18-11-4-2-3-9(7-11)12(16)14-15-13(17)10-5-6-19-8-10;1-16-11-4-2-3-9(7-11)12-14-15-13(18-12)10-5-6-17-8-10/h2-8H,1H3,(H,14,16)(H,15,17);2-8H,1H3. The normalized spacial score (nSPS) is 10.1. The zero-order chi connectivity index (χ0) is 26.0. The van der Waals surface area contributed by atoms with Crippen molar-refractivity contribution in [3.05, 3.63) is 96.8 Å². The number of carbonyl (C=O) groups excluding carboxylic acids is 2. The number of amides is 2. The molecule has 0 bridgehead atoms. The molecule has 3 heterocycles. The van der Waals surface area contributed by atoms with Crippen LogP contribution < -0.4 is 20.3 Å². The summed E-state index contributed by atoms with van der Waals surface area (Å²) in [5.74, 6) is 0.488. The van der Waals surface area contributed by atoms with Gasteiger partial charge in [-0.15, -0.1) is 10.2 Å². The molecule has 11 heteroatoms. The lowest BCUT2D eigenvalue weighted by Crippen LogP contribution is -2.41. The molecule has 10 nitrogen and oxygen atoms in total. The second-order valence-corrected chi connectivity index (χ2v) is 8.29. The van der Waals surface area contributed by atoms with Crippen LogP contribution in [-0.2, 0) is 0 Å². The summed E-state index contributed by atoms with van der Waals surface area (Å²) in [6, 6.07) is 17.7. The van der Waals surface area contributed by atoms with Gasteiger partial charge in [0.05, 0.1) is 37.9 Å². The van der Waals surface area contributed by atoms with Crippen molar-refractivity contribution in [2.75, 3.05) is 14.2 Å². The predicted octanol–water partition coefficient (Wildman–Crippen LogP) is 4.84. The molecule has 0 saturated heterocycles. The molecule has 0 aliphatic rings. The summed E-state index contributed by atoms with van der Waals surface area (Å²) in [6.45, 7) is 0. The zero-order valence-corrected chi connectivity index (χ0v) is 20.7. The van der Waals surface area contributed by atoms with E-state index in [-0.39, 0.29) is 0 Å². The fraction of sp³-hybridized carbons (Fsp3) is 0.0769. The summed E-state index contributed by atoms with van der Waals surface area (Å²) in [6.07, 6.45) is 5.95. The van der Waals surface area contributed by atoms with Gasteiger partial charge in [-0.2, -0.15) is 0 Å². The molecular formula is C26H22N4O6S. The van der Waals surface area contributed by atoms with Gasteiger partial charge in [0.2, 0.25) is 0 Å². The average Bonchev–Trinajstić information content (AvgIpc) is 3.74. The summed E-state index contributed by atoms with van der Waals surface area (Å²) in [4.78, 5) is 23.3. The number of hydrogen-bond donors (Lipinski definition) is 2. The van der Waals surface area contributed by atoms with Gasteiger partial charge in [0.25, 0.3) is 11.8 Å². The van der Waals surface area contributed by atoms with Crippen molar-refractivity contribution in [3.8, 4) is 32.6 Å². The summed E-state index contributed by atoms with van der Waals surface area (Å²) in [7, 11) is 3.16. The van der Waals surface area contributed by atoms with Crippen LogP contribution in [0.15, 0.2) is 94.6 Å². The number of aromatic nitrogens is 2. The third-order valence-electron chi connectivity index (χ3n) is 4.91. The summed E-state index contributed by atoms with van der Waals surface area (Å²) >= 11 is 1.53. The van der Waals surface area contributed by atoms with Crippen LogP contribution >= 0.6 is 11.3 Å². The van der Waals surface area contributed by atoms with Crippen molar-refractivity contribution in [2.24, 2.45) is 0 Å². The van der Waals surface area contributed by atoms with E-state index in [0.717, 1.165) is 26.9 Å². The molecule has 5 aromatic rings. The quantitative estimate of drug-likeness (QED) is 0.306. The minimum Gasteiger partial charge on any atom is -0.497 e. The lowest BCUT2D eigenvalue weighted by molar-refractivity contribution is 0.0846. The third-order valence-corrected chi connectivity index (χ3v) is 5.94. The van der Waals surface area contributed by atoms with Crippen LogP contribution in [0.5, 0.6) is 11.5 Å². The first-order chi connectivity index (χ1) is 18.1. The lowest BCUT2D eigenvalue weighted by atomic mass is 10.2. The molecule has 5 rings (SSSR count). The molecule has 188 valence electrons. The molecule has 37 heavy (non-hydrogen) atoms. The molecule has 3 aromatic heterocycles. The Morgan fingerprint density at radius 3 is 2.00 bits per heavy atom. The van der Waals surface area contributed by atoms with Gasteiger partial charge >= 0.3 is 0 Å². The maximum Gasteiger partial charge on any atom is 0.272 e. The number of methoxy groups -OCH3 is 2. The topological polar surface area (TPSA) is 129 Å². The maximum absolute atomic E-state index is 11.8. The van der Waals surface area contributed by atoms with E-state index in [0.29, 0.717) is 16.9 Å². The molecule has 0 fully saturated rings. The molecular weight excluding hydrogens is 496 g/mol. The van der Waals surface area contributed by atoms with Crippen LogP contribution in [0.3, 0.4) is 0 Å². The van der Waals surface area contributed by atoms with E-state index >= 15 is 0 Å². The van der Waals surface area contributed by atoms with Gasteiger partial charge in [0.1, 0.15) is 29.0 Å². The van der Waals surface area contributed by atoms with Gasteiger partial charge in [-0.3, -0.25) is 20.4 Å². The molecule has 2 amide bonds. The average molecular weight is 519 g/mol. The Bertz CT molecular complexity index is 1450. The SMILES string of the molecule is COc1cccc(-c2nnc(-c3ccoc3)s2)c1.COc1cccc(C(=O)NNC(=O)c2ccoc2)c1. The largest absolute Gasteiger partial charge is 0.497 e. The van der Waals surface area contributed by atoms with Crippen molar-refractivity contribution in [1.29, 1.82) is 0 Å². The van der Waals surface area contributed by atoms with Gasteiger partial charge in [-0.25, -0.2) is 0 Å². The van der Waals surface area contributed by atoms with Crippen LogP contribution in [0, 0.1) is 0 Å². The highest BCUT2D eigenvalue weighted by molar-refractivity contribution is 7.17. The second kappa shape index (κ2) is 12.2. The number of ether oxygens (including phenoxy) is 2. The van der Waals surface area contributed by atoms with Crippen LogP contribution in [-0.4, -0.2) is 36.2 Å². The van der Waals surface area contributed by atoms with Crippen molar-refractivity contribution in [2.45, 2.75) is 0 Å². The zero-order valence-electron chi connectivity index (χ0n) is 19.8. The van der Waals surface area contributed by atoms with Crippen molar-refractivity contribution < 1.29 is 27.9 Å². The first-order valence-electron chi connectivity index (χ1n) is 10.8. The number of hydrogen-bond acceptors (Lipinski definition) is 9. The fourth-order valence-corrected chi connectivity index (χ4v) is 3.84. The van der Waals surface area contributed by atoms with Crippen LogP contribution in [0.2, 0.25) is 0 Å². The van der Waals surface area contributed by atoms with E-state index in [1.54, 1.807) is 43.9 Å². The molecule has 0 radical (unpaired) electrons. The molecule has 0 unspecified atom stereocenters. The van der Waals surface area contributed by atoms with E-state index in [9.17, 15) is 9.59 Å². The van der Waals surface area contributed by atoms with Crippen molar-refractivity contribution >= 4 is 23.2 Å². The van der Waals surface area contributed by atoms with E-state index in [4.69, 9.17) is 18.3 Å². The van der Waals surface area contributed by atoms with E-state index in [1.165, 1.54) is 37.0 Å². The lowest BCUT2D eigenvalue weighted by Gasteiger charge is -2.07. The minimum atomic E-state index is -0.454. The number of hydrazine groups is 1. The highest BCUT2D eigenvalue weighted by Crippen LogP contribution is 2.31. The Hall–Kier alpha value is -4.90.